The van der Waals surface area contributed by atoms with Crippen molar-refractivity contribution in [3.63, 3.8) is 0 Å². The summed E-state index contributed by atoms with van der Waals surface area (Å²) in [6, 6.07) is 12.6. The Hall–Kier alpha value is -2.97. The molecule has 1 fully saturated rings. The smallest absolute Gasteiger partial charge is 0.251 e. The lowest BCUT2D eigenvalue weighted by molar-refractivity contribution is 0.0950. The Morgan fingerprint density at radius 3 is 2.45 bits per heavy atom. The van der Waals surface area contributed by atoms with E-state index in [4.69, 9.17) is 0 Å². The molecule has 7 nitrogen and oxygen atoms in total. The fraction of sp³-hybridized carbons (Fsp3) is 0.360. The normalized spacial score (nSPS) is 15.2. The molecule has 1 aliphatic rings. The van der Waals surface area contributed by atoms with Crippen LogP contribution in [-0.2, 0) is 16.6 Å². The van der Waals surface area contributed by atoms with E-state index in [2.05, 4.69) is 10.3 Å². The van der Waals surface area contributed by atoms with Crippen LogP contribution in [0.2, 0.25) is 0 Å². The lowest BCUT2D eigenvalue weighted by atomic mass is 10.1. The molecule has 0 saturated carbocycles. The number of aryl methyl sites for hydroxylation is 2. The maximum Gasteiger partial charge on any atom is 0.251 e. The van der Waals surface area contributed by atoms with Crippen LogP contribution < -0.4 is 5.32 Å². The summed E-state index contributed by atoms with van der Waals surface area (Å²) in [4.78, 5) is 17.5. The summed E-state index contributed by atoms with van der Waals surface area (Å²) in [5.41, 5.74) is 3.00. The number of nitrogens with zero attached hydrogens (tertiary/aromatic N) is 3. The first-order valence-corrected chi connectivity index (χ1v) is 12.8. The molecule has 1 N–H and O–H groups in total. The zero-order valence-electron chi connectivity index (χ0n) is 19.1. The summed E-state index contributed by atoms with van der Waals surface area (Å²) in [5.74, 6) is 0.564. The number of carbonyl (C=O) groups excluding carboxylic acids is 1. The Balaban J connectivity index is 1.55. The topological polar surface area (TPSA) is 84.3 Å². The minimum atomic E-state index is -3.62. The van der Waals surface area contributed by atoms with Crippen LogP contribution in [0.1, 0.15) is 53.0 Å². The number of amides is 1. The van der Waals surface area contributed by atoms with Crippen molar-refractivity contribution >= 4 is 15.9 Å². The minimum absolute atomic E-state index is 0.176. The van der Waals surface area contributed by atoms with Crippen LogP contribution in [0.15, 0.2) is 59.8 Å². The number of carbonyl (C=O) groups is 1. The number of nitrogens with one attached hydrogen (secondary N) is 1. The molecule has 1 aromatic heterocycles. The zero-order chi connectivity index (χ0) is 23.4. The molecule has 0 spiro atoms. The van der Waals surface area contributed by atoms with Crippen LogP contribution in [0.4, 0.5) is 0 Å². The van der Waals surface area contributed by atoms with Gasteiger partial charge in [-0.25, -0.2) is 13.4 Å². The average molecular weight is 467 g/mol. The molecular formula is C25H30N4O3S. The van der Waals surface area contributed by atoms with Gasteiger partial charge in [0.1, 0.15) is 5.82 Å². The van der Waals surface area contributed by atoms with E-state index < -0.39 is 10.0 Å². The van der Waals surface area contributed by atoms with E-state index in [1.807, 2.05) is 48.9 Å². The van der Waals surface area contributed by atoms with Crippen molar-refractivity contribution < 1.29 is 13.2 Å². The van der Waals surface area contributed by atoms with Crippen LogP contribution >= 0.6 is 0 Å². The van der Waals surface area contributed by atoms with Crippen molar-refractivity contribution in [1.29, 1.82) is 0 Å². The first-order chi connectivity index (χ1) is 15.9. The molecule has 8 heteroatoms. The van der Waals surface area contributed by atoms with Gasteiger partial charge in [-0.05, 0) is 56.0 Å². The predicted octanol–water partition coefficient (Wildman–Crippen LogP) is 3.98. The number of hydrogen-bond acceptors (Lipinski definition) is 4. The first kappa shape index (κ1) is 23.2. The van der Waals surface area contributed by atoms with Gasteiger partial charge in [-0.15, -0.1) is 0 Å². The zero-order valence-corrected chi connectivity index (χ0v) is 19.9. The Morgan fingerprint density at radius 1 is 1.03 bits per heavy atom. The van der Waals surface area contributed by atoms with E-state index in [1.54, 1.807) is 22.6 Å². The van der Waals surface area contributed by atoms with E-state index in [-0.39, 0.29) is 10.8 Å². The standard InChI is InChI=1S/C25H30N4O3S/c1-19-11-12-22(33(31,32)28-14-7-3-4-8-15-28)17-23(19)25(30)27-18-21-9-5-6-10-24(21)29-16-13-26-20(29)2/h5-6,9-13,16-17H,3-4,7-8,14-15,18H2,1-2H3,(H,27,30). The highest BCUT2D eigenvalue weighted by Crippen LogP contribution is 2.23. The molecule has 1 aliphatic heterocycles. The van der Waals surface area contributed by atoms with Crippen molar-refractivity contribution in [2.75, 3.05) is 13.1 Å². The van der Waals surface area contributed by atoms with E-state index in [0.29, 0.717) is 25.2 Å². The van der Waals surface area contributed by atoms with Gasteiger partial charge in [0.05, 0.1) is 10.6 Å². The monoisotopic (exact) mass is 466 g/mol. The molecule has 0 aliphatic carbocycles. The lowest BCUT2D eigenvalue weighted by Crippen LogP contribution is -2.32. The Bertz CT molecular complexity index is 1240. The first-order valence-electron chi connectivity index (χ1n) is 11.3. The van der Waals surface area contributed by atoms with Gasteiger partial charge in [-0.2, -0.15) is 4.31 Å². The van der Waals surface area contributed by atoms with Gasteiger partial charge < -0.3 is 9.88 Å². The fourth-order valence-corrected chi connectivity index (χ4v) is 5.78. The molecule has 3 aromatic rings. The van der Waals surface area contributed by atoms with Crippen LogP contribution in [0.25, 0.3) is 5.69 Å². The minimum Gasteiger partial charge on any atom is -0.348 e. The molecule has 2 heterocycles. The highest BCUT2D eigenvalue weighted by Gasteiger charge is 2.26. The molecule has 0 atom stereocenters. The van der Waals surface area contributed by atoms with Crippen molar-refractivity contribution in [2.45, 2.75) is 51.0 Å². The summed E-state index contributed by atoms with van der Waals surface area (Å²) in [6.07, 6.45) is 7.46. The SMILES string of the molecule is Cc1ccc(S(=O)(=O)N2CCCCCC2)cc1C(=O)NCc1ccccc1-n1ccnc1C. The summed E-state index contributed by atoms with van der Waals surface area (Å²) in [7, 11) is -3.62. The molecule has 1 saturated heterocycles. The molecule has 2 aromatic carbocycles. The second-order valence-electron chi connectivity index (χ2n) is 8.45. The Labute approximate surface area is 195 Å². The number of benzene rings is 2. The molecule has 1 amide bonds. The summed E-state index contributed by atoms with van der Waals surface area (Å²) in [6.45, 7) is 5.12. The van der Waals surface area contributed by atoms with E-state index in [0.717, 1.165) is 48.3 Å². The second kappa shape index (κ2) is 9.89. The predicted molar refractivity (Wildman–Crippen MR) is 128 cm³/mol. The van der Waals surface area contributed by atoms with Crippen molar-refractivity contribution in [1.82, 2.24) is 19.2 Å². The molecule has 4 rings (SSSR count). The van der Waals surface area contributed by atoms with Gasteiger partial charge >= 0.3 is 0 Å². The van der Waals surface area contributed by atoms with Crippen molar-refractivity contribution in [3.8, 4) is 5.69 Å². The highest BCUT2D eigenvalue weighted by atomic mass is 32.2. The van der Waals surface area contributed by atoms with E-state index in [9.17, 15) is 13.2 Å². The maximum absolute atomic E-state index is 13.2. The van der Waals surface area contributed by atoms with E-state index >= 15 is 0 Å². The third kappa shape index (κ3) is 5.02. The van der Waals surface area contributed by atoms with Gasteiger partial charge in [0.2, 0.25) is 10.0 Å². The van der Waals surface area contributed by atoms with Crippen molar-refractivity contribution in [2.24, 2.45) is 0 Å². The third-order valence-electron chi connectivity index (χ3n) is 6.17. The van der Waals surface area contributed by atoms with Crippen LogP contribution in [0.5, 0.6) is 0 Å². The lowest BCUT2D eigenvalue weighted by Gasteiger charge is -2.20. The van der Waals surface area contributed by atoms with Crippen molar-refractivity contribution in [3.05, 3.63) is 77.4 Å². The number of sulfonamides is 1. The summed E-state index contributed by atoms with van der Waals surface area (Å²) < 4.78 is 29.9. The highest BCUT2D eigenvalue weighted by molar-refractivity contribution is 7.89. The quantitative estimate of drug-likeness (QED) is 0.595. The number of rotatable bonds is 6. The average Bonchev–Trinajstić information content (AvgIpc) is 3.05. The van der Waals surface area contributed by atoms with Crippen LogP contribution in [0.3, 0.4) is 0 Å². The number of aromatic nitrogens is 2. The van der Waals surface area contributed by atoms with Gasteiger partial charge in [0.15, 0.2) is 0 Å². The Morgan fingerprint density at radius 2 is 1.76 bits per heavy atom. The fourth-order valence-electron chi connectivity index (χ4n) is 4.24. The van der Waals surface area contributed by atoms with Crippen LogP contribution in [0, 0.1) is 13.8 Å². The Kier molecular flexibility index (Phi) is 6.95. The summed E-state index contributed by atoms with van der Waals surface area (Å²) in [5, 5.41) is 2.96. The summed E-state index contributed by atoms with van der Waals surface area (Å²) >= 11 is 0. The van der Waals surface area contributed by atoms with Gasteiger partial charge in [-0.1, -0.05) is 37.1 Å². The molecule has 0 radical (unpaired) electrons. The number of imidazole rings is 1. The van der Waals surface area contributed by atoms with Crippen LogP contribution in [-0.4, -0.2) is 41.3 Å². The largest absolute Gasteiger partial charge is 0.348 e. The number of para-hydroxylation sites is 1. The van der Waals surface area contributed by atoms with Gasteiger partial charge in [-0.3, -0.25) is 4.79 Å². The van der Waals surface area contributed by atoms with Gasteiger partial charge in [0.25, 0.3) is 5.91 Å². The van der Waals surface area contributed by atoms with E-state index in [1.165, 1.54) is 6.07 Å². The molecule has 33 heavy (non-hydrogen) atoms. The van der Waals surface area contributed by atoms with Gasteiger partial charge in [0, 0.05) is 37.6 Å². The molecule has 0 bridgehead atoms. The molecular weight excluding hydrogens is 436 g/mol. The second-order valence-corrected chi connectivity index (χ2v) is 10.4. The molecule has 0 unspecified atom stereocenters. The maximum atomic E-state index is 13.2. The number of hydrogen-bond donors (Lipinski definition) is 1. The molecule has 174 valence electrons. The third-order valence-corrected chi connectivity index (χ3v) is 8.07.